The SMILES string of the molecule is O=C(O)c1ccc(-c2nc3ccc4[nH]ncc4c3c3c2COCC3)cc1. The number of ether oxygens (including phenoxy) is 1. The van der Waals surface area contributed by atoms with E-state index < -0.39 is 5.97 Å². The largest absolute Gasteiger partial charge is 0.478 e. The first-order valence-electron chi connectivity index (χ1n) is 8.41. The quantitative estimate of drug-likeness (QED) is 0.580. The molecule has 0 spiro atoms. The van der Waals surface area contributed by atoms with Crippen LogP contribution in [-0.2, 0) is 17.8 Å². The zero-order chi connectivity index (χ0) is 17.7. The van der Waals surface area contributed by atoms with Gasteiger partial charge in [-0.2, -0.15) is 5.10 Å². The highest BCUT2D eigenvalue weighted by molar-refractivity contribution is 6.07. The van der Waals surface area contributed by atoms with Crippen molar-refractivity contribution >= 4 is 27.8 Å². The molecule has 26 heavy (non-hydrogen) atoms. The molecule has 0 amide bonds. The number of carboxylic acids is 1. The van der Waals surface area contributed by atoms with Crippen molar-refractivity contribution in [3.8, 4) is 11.3 Å². The number of nitrogens with one attached hydrogen (secondary N) is 1. The minimum atomic E-state index is -0.935. The standard InChI is InChI=1S/C20H15N3O3/c24-20(25)12-3-1-11(2-4-12)19-15-10-26-8-7-13(15)18-14-9-21-23-16(14)5-6-17(18)22-19/h1-6,9H,7-8,10H2,(H,21,23)(H,24,25). The lowest BCUT2D eigenvalue weighted by atomic mass is 9.92. The molecule has 0 atom stereocenters. The Labute approximate surface area is 148 Å². The summed E-state index contributed by atoms with van der Waals surface area (Å²) in [6, 6.07) is 10.8. The summed E-state index contributed by atoms with van der Waals surface area (Å²) in [5, 5.41) is 18.5. The number of aromatic nitrogens is 3. The van der Waals surface area contributed by atoms with Crippen molar-refractivity contribution in [3.63, 3.8) is 0 Å². The monoisotopic (exact) mass is 345 g/mol. The molecule has 0 aliphatic carbocycles. The zero-order valence-electron chi connectivity index (χ0n) is 13.8. The van der Waals surface area contributed by atoms with Gasteiger partial charge >= 0.3 is 5.97 Å². The van der Waals surface area contributed by atoms with Crippen LogP contribution in [0, 0.1) is 0 Å². The first-order chi connectivity index (χ1) is 12.7. The highest BCUT2D eigenvalue weighted by Gasteiger charge is 2.21. The maximum absolute atomic E-state index is 11.1. The topological polar surface area (TPSA) is 88.1 Å². The van der Waals surface area contributed by atoms with Crippen LogP contribution in [0.5, 0.6) is 0 Å². The van der Waals surface area contributed by atoms with Crippen LogP contribution < -0.4 is 0 Å². The minimum absolute atomic E-state index is 0.264. The summed E-state index contributed by atoms with van der Waals surface area (Å²) in [4.78, 5) is 16.0. The van der Waals surface area contributed by atoms with Crippen LogP contribution in [-0.4, -0.2) is 32.9 Å². The average Bonchev–Trinajstić information content (AvgIpc) is 3.16. The molecule has 2 aromatic heterocycles. The first-order valence-corrected chi connectivity index (χ1v) is 8.41. The van der Waals surface area contributed by atoms with Gasteiger partial charge in [-0.1, -0.05) is 12.1 Å². The second-order valence-corrected chi connectivity index (χ2v) is 6.39. The predicted octanol–water partition coefficient (Wildman–Crippen LogP) is 3.55. The van der Waals surface area contributed by atoms with E-state index in [1.54, 1.807) is 12.1 Å². The van der Waals surface area contributed by atoms with E-state index in [0.717, 1.165) is 45.0 Å². The second-order valence-electron chi connectivity index (χ2n) is 6.39. The lowest BCUT2D eigenvalue weighted by Gasteiger charge is -2.22. The van der Waals surface area contributed by atoms with E-state index in [-0.39, 0.29) is 5.56 Å². The van der Waals surface area contributed by atoms with Crippen molar-refractivity contribution in [2.75, 3.05) is 6.61 Å². The lowest BCUT2D eigenvalue weighted by Crippen LogP contribution is -2.13. The van der Waals surface area contributed by atoms with Gasteiger partial charge in [0.2, 0.25) is 0 Å². The molecule has 128 valence electrons. The number of fused-ring (bicyclic) bond motifs is 5. The van der Waals surface area contributed by atoms with Gasteiger partial charge in [-0.3, -0.25) is 5.10 Å². The van der Waals surface area contributed by atoms with Crippen LogP contribution in [0.1, 0.15) is 21.5 Å². The molecule has 0 bridgehead atoms. The number of carboxylic acid groups (broad SMARTS) is 1. The molecule has 0 saturated carbocycles. The molecule has 0 radical (unpaired) electrons. The lowest BCUT2D eigenvalue weighted by molar-refractivity contribution is 0.0697. The molecule has 6 heteroatoms. The molecule has 0 unspecified atom stereocenters. The average molecular weight is 345 g/mol. The Morgan fingerprint density at radius 1 is 1.12 bits per heavy atom. The van der Waals surface area contributed by atoms with Gasteiger partial charge in [-0.15, -0.1) is 0 Å². The second kappa shape index (κ2) is 5.64. The van der Waals surface area contributed by atoms with Crippen LogP contribution in [0.4, 0.5) is 0 Å². The fraction of sp³-hybridized carbons (Fsp3) is 0.150. The van der Waals surface area contributed by atoms with Crippen molar-refractivity contribution in [3.05, 3.63) is 59.3 Å². The summed E-state index contributed by atoms with van der Waals surface area (Å²) in [5.41, 5.74) is 6.23. The maximum Gasteiger partial charge on any atom is 0.335 e. The fourth-order valence-electron chi connectivity index (χ4n) is 3.69. The highest BCUT2D eigenvalue weighted by atomic mass is 16.5. The Bertz CT molecular complexity index is 1160. The Balaban J connectivity index is 1.80. The molecule has 6 nitrogen and oxygen atoms in total. The van der Waals surface area contributed by atoms with E-state index >= 15 is 0 Å². The van der Waals surface area contributed by atoms with Crippen molar-refractivity contribution in [1.82, 2.24) is 15.2 Å². The van der Waals surface area contributed by atoms with Gasteiger partial charge in [0.25, 0.3) is 0 Å². The van der Waals surface area contributed by atoms with Crippen LogP contribution >= 0.6 is 0 Å². The zero-order valence-corrected chi connectivity index (χ0v) is 13.8. The number of nitrogens with zero attached hydrogens (tertiary/aromatic N) is 2. The molecular weight excluding hydrogens is 330 g/mol. The number of carbonyl (C=O) groups is 1. The third-order valence-corrected chi connectivity index (χ3v) is 4.93. The van der Waals surface area contributed by atoms with E-state index in [2.05, 4.69) is 10.2 Å². The summed E-state index contributed by atoms with van der Waals surface area (Å²) in [5.74, 6) is -0.935. The van der Waals surface area contributed by atoms with Crippen molar-refractivity contribution < 1.29 is 14.6 Å². The minimum Gasteiger partial charge on any atom is -0.478 e. The van der Waals surface area contributed by atoms with Crippen LogP contribution in [0.2, 0.25) is 0 Å². The molecule has 2 aromatic carbocycles. The number of H-pyrrole nitrogens is 1. The number of benzene rings is 2. The van der Waals surface area contributed by atoms with Gasteiger partial charge in [-0.05, 0) is 36.2 Å². The molecule has 0 saturated heterocycles. The fourth-order valence-corrected chi connectivity index (χ4v) is 3.69. The van der Waals surface area contributed by atoms with Crippen LogP contribution in [0.3, 0.4) is 0 Å². The molecule has 3 heterocycles. The Kier molecular flexibility index (Phi) is 3.26. The summed E-state index contributed by atoms with van der Waals surface area (Å²) in [6.45, 7) is 1.18. The van der Waals surface area contributed by atoms with E-state index in [4.69, 9.17) is 14.8 Å². The van der Waals surface area contributed by atoms with Crippen LogP contribution in [0.25, 0.3) is 33.1 Å². The van der Waals surface area contributed by atoms with Crippen molar-refractivity contribution in [2.24, 2.45) is 0 Å². The summed E-state index contributed by atoms with van der Waals surface area (Å²) >= 11 is 0. The van der Waals surface area contributed by atoms with Gasteiger partial charge in [0, 0.05) is 21.9 Å². The predicted molar refractivity (Wildman–Crippen MR) is 97.2 cm³/mol. The van der Waals surface area contributed by atoms with Crippen LogP contribution in [0.15, 0.2) is 42.6 Å². The molecule has 1 aliphatic rings. The van der Waals surface area contributed by atoms with Crippen molar-refractivity contribution in [1.29, 1.82) is 0 Å². The Hall–Kier alpha value is -3.25. The van der Waals surface area contributed by atoms with Gasteiger partial charge in [0.15, 0.2) is 0 Å². The summed E-state index contributed by atoms with van der Waals surface area (Å²) < 4.78 is 5.70. The molecule has 0 fully saturated rings. The van der Waals surface area contributed by atoms with Gasteiger partial charge in [-0.25, -0.2) is 9.78 Å². The Morgan fingerprint density at radius 2 is 1.96 bits per heavy atom. The molecule has 1 aliphatic heterocycles. The van der Waals surface area contributed by atoms with Gasteiger partial charge in [0.1, 0.15) is 0 Å². The normalized spacial score (nSPS) is 13.8. The molecule has 5 rings (SSSR count). The number of hydrogen-bond donors (Lipinski definition) is 2. The number of aromatic amines is 1. The van der Waals surface area contributed by atoms with E-state index in [1.165, 1.54) is 5.56 Å². The molecule has 4 aromatic rings. The van der Waals surface area contributed by atoms with Crippen molar-refractivity contribution in [2.45, 2.75) is 13.0 Å². The smallest absolute Gasteiger partial charge is 0.335 e. The Morgan fingerprint density at radius 3 is 2.77 bits per heavy atom. The summed E-state index contributed by atoms with van der Waals surface area (Å²) in [6.07, 6.45) is 2.66. The van der Waals surface area contributed by atoms with Gasteiger partial charge in [0.05, 0.1) is 41.7 Å². The molecule has 2 N–H and O–H groups in total. The number of hydrogen-bond acceptors (Lipinski definition) is 4. The van der Waals surface area contributed by atoms with Gasteiger partial charge < -0.3 is 9.84 Å². The summed E-state index contributed by atoms with van der Waals surface area (Å²) in [7, 11) is 0. The van der Waals surface area contributed by atoms with E-state index in [9.17, 15) is 4.79 Å². The first kappa shape index (κ1) is 15.0. The third kappa shape index (κ3) is 2.19. The third-order valence-electron chi connectivity index (χ3n) is 4.93. The number of rotatable bonds is 2. The van der Waals surface area contributed by atoms with E-state index in [0.29, 0.717) is 13.2 Å². The van der Waals surface area contributed by atoms with E-state index in [1.807, 2.05) is 30.5 Å². The highest BCUT2D eigenvalue weighted by Crippen LogP contribution is 2.36. The molecular formula is C20H15N3O3. The number of pyridine rings is 1. The number of aromatic carboxylic acids is 1. The maximum atomic E-state index is 11.1.